The lowest BCUT2D eigenvalue weighted by atomic mass is 9.83. The summed E-state index contributed by atoms with van der Waals surface area (Å²) in [5, 5.41) is 4.10. The van der Waals surface area contributed by atoms with Crippen LogP contribution in [0.15, 0.2) is 4.52 Å². The number of hydrogen-bond acceptors (Lipinski definition) is 4. The Balaban J connectivity index is 1.61. The second-order valence-electron chi connectivity index (χ2n) is 5.59. The van der Waals surface area contributed by atoms with Crippen molar-refractivity contribution in [1.82, 2.24) is 10.1 Å². The van der Waals surface area contributed by atoms with Crippen LogP contribution in [0, 0.1) is 5.92 Å². The largest absolute Gasteiger partial charge is 0.339 e. The first kappa shape index (κ1) is 11.2. The topological polar surface area (TPSA) is 64.9 Å². The highest BCUT2D eigenvalue weighted by molar-refractivity contribution is 5.00. The van der Waals surface area contributed by atoms with E-state index in [1.54, 1.807) is 0 Å². The summed E-state index contributed by atoms with van der Waals surface area (Å²) in [6, 6.07) is 0.322. The molecule has 0 radical (unpaired) electrons. The zero-order chi connectivity index (χ0) is 11.7. The first-order valence-electron chi connectivity index (χ1n) is 6.91. The minimum atomic E-state index is 0.322. The van der Waals surface area contributed by atoms with E-state index in [0.29, 0.717) is 17.9 Å². The van der Waals surface area contributed by atoms with Crippen molar-refractivity contribution in [2.75, 3.05) is 0 Å². The maximum atomic E-state index is 6.14. The summed E-state index contributed by atoms with van der Waals surface area (Å²) in [5.74, 6) is 2.83. The maximum Gasteiger partial charge on any atom is 0.226 e. The predicted molar refractivity (Wildman–Crippen MR) is 64.5 cm³/mol. The Morgan fingerprint density at radius 2 is 1.94 bits per heavy atom. The number of nitrogens with two attached hydrogens (primary N) is 1. The van der Waals surface area contributed by atoms with Crippen molar-refractivity contribution in [1.29, 1.82) is 0 Å². The second-order valence-corrected chi connectivity index (χ2v) is 5.59. The fourth-order valence-corrected chi connectivity index (χ4v) is 2.90. The second kappa shape index (κ2) is 4.77. The van der Waals surface area contributed by atoms with E-state index in [0.717, 1.165) is 24.6 Å². The van der Waals surface area contributed by atoms with Crippen LogP contribution >= 0.6 is 0 Å². The molecule has 2 aliphatic carbocycles. The van der Waals surface area contributed by atoms with E-state index in [1.165, 1.54) is 38.5 Å². The van der Waals surface area contributed by atoms with Crippen molar-refractivity contribution in [3.63, 3.8) is 0 Å². The normalized spacial score (nSPS) is 30.2. The van der Waals surface area contributed by atoms with Crippen molar-refractivity contribution in [3.05, 3.63) is 11.7 Å². The SMILES string of the molecule is NC1CCCCC1Cc1nc(C2CCC2)no1. The van der Waals surface area contributed by atoms with Gasteiger partial charge in [-0.15, -0.1) is 0 Å². The molecule has 94 valence electrons. The number of nitrogens with zero attached hydrogens (tertiary/aromatic N) is 2. The van der Waals surface area contributed by atoms with E-state index in [1.807, 2.05) is 0 Å². The van der Waals surface area contributed by atoms with Crippen LogP contribution in [0.1, 0.15) is 62.6 Å². The van der Waals surface area contributed by atoms with Crippen LogP contribution in [0.4, 0.5) is 0 Å². The van der Waals surface area contributed by atoms with Crippen molar-refractivity contribution in [2.24, 2.45) is 11.7 Å². The quantitative estimate of drug-likeness (QED) is 0.873. The molecule has 17 heavy (non-hydrogen) atoms. The molecule has 2 atom stereocenters. The van der Waals surface area contributed by atoms with Gasteiger partial charge in [-0.2, -0.15) is 4.98 Å². The lowest BCUT2D eigenvalue weighted by molar-refractivity contribution is 0.271. The summed E-state index contributed by atoms with van der Waals surface area (Å²) in [7, 11) is 0. The molecular formula is C13H21N3O. The zero-order valence-electron chi connectivity index (χ0n) is 10.3. The van der Waals surface area contributed by atoms with Crippen LogP contribution in [0.3, 0.4) is 0 Å². The summed E-state index contributed by atoms with van der Waals surface area (Å²) >= 11 is 0. The molecule has 4 nitrogen and oxygen atoms in total. The van der Waals surface area contributed by atoms with Crippen molar-refractivity contribution >= 4 is 0 Å². The van der Waals surface area contributed by atoms with Gasteiger partial charge in [0.1, 0.15) is 0 Å². The van der Waals surface area contributed by atoms with E-state index in [-0.39, 0.29) is 0 Å². The summed E-state index contributed by atoms with van der Waals surface area (Å²) in [6.45, 7) is 0. The molecule has 0 bridgehead atoms. The van der Waals surface area contributed by atoms with Gasteiger partial charge in [0, 0.05) is 18.4 Å². The van der Waals surface area contributed by atoms with E-state index >= 15 is 0 Å². The van der Waals surface area contributed by atoms with Crippen LogP contribution < -0.4 is 5.73 Å². The van der Waals surface area contributed by atoms with Gasteiger partial charge in [0.25, 0.3) is 0 Å². The first-order valence-corrected chi connectivity index (χ1v) is 6.91. The monoisotopic (exact) mass is 235 g/mol. The highest BCUT2D eigenvalue weighted by Gasteiger charge is 2.27. The van der Waals surface area contributed by atoms with Crippen molar-refractivity contribution < 1.29 is 4.52 Å². The number of rotatable bonds is 3. The lowest BCUT2D eigenvalue weighted by Crippen LogP contribution is -2.34. The molecule has 0 saturated heterocycles. The lowest BCUT2D eigenvalue weighted by Gasteiger charge is -2.27. The molecule has 1 heterocycles. The molecule has 0 amide bonds. The fraction of sp³-hybridized carbons (Fsp3) is 0.846. The molecule has 0 aromatic carbocycles. The average Bonchev–Trinajstić information content (AvgIpc) is 2.67. The molecule has 3 rings (SSSR count). The highest BCUT2D eigenvalue weighted by Crippen LogP contribution is 2.35. The van der Waals surface area contributed by atoms with E-state index < -0.39 is 0 Å². The number of aromatic nitrogens is 2. The summed E-state index contributed by atoms with van der Waals surface area (Å²) in [5.41, 5.74) is 6.14. The molecule has 2 saturated carbocycles. The molecule has 2 unspecified atom stereocenters. The Morgan fingerprint density at radius 1 is 1.12 bits per heavy atom. The Morgan fingerprint density at radius 3 is 2.65 bits per heavy atom. The van der Waals surface area contributed by atoms with E-state index in [2.05, 4.69) is 10.1 Å². The molecular weight excluding hydrogens is 214 g/mol. The summed E-state index contributed by atoms with van der Waals surface area (Å²) in [4.78, 5) is 4.53. The van der Waals surface area contributed by atoms with Gasteiger partial charge in [-0.05, 0) is 31.6 Å². The minimum Gasteiger partial charge on any atom is -0.339 e. The molecule has 0 aliphatic heterocycles. The maximum absolute atomic E-state index is 6.14. The van der Waals surface area contributed by atoms with Gasteiger partial charge in [-0.1, -0.05) is 24.4 Å². The molecule has 2 fully saturated rings. The van der Waals surface area contributed by atoms with Crippen LogP contribution in [0.5, 0.6) is 0 Å². The highest BCUT2D eigenvalue weighted by atomic mass is 16.5. The third-order valence-corrected chi connectivity index (χ3v) is 4.36. The van der Waals surface area contributed by atoms with Gasteiger partial charge in [-0.25, -0.2) is 0 Å². The molecule has 2 N–H and O–H groups in total. The van der Waals surface area contributed by atoms with Crippen LogP contribution in [0.25, 0.3) is 0 Å². The molecule has 0 spiro atoms. The minimum absolute atomic E-state index is 0.322. The third-order valence-electron chi connectivity index (χ3n) is 4.36. The van der Waals surface area contributed by atoms with Gasteiger partial charge in [0.2, 0.25) is 5.89 Å². The van der Waals surface area contributed by atoms with E-state index in [4.69, 9.17) is 10.3 Å². The molecule has 1 aromatic rings. The van der Waals surface area contributed by atoms with Crippen molar-refractivity contribution in [2.45, 2.75) is 63.3 Å². The number of hydrogen-bond donors (Lipinski definition) is 1. The Bertz CT molecular complexity index is 372. The summed E-state index contributed by atoms with van der Waals surface area (Å²) < 4.78 is 5.36. The Hall–Kier alpha value is -0.900. The summed E-state index contributed by atoms with van der Waals surface area (Å²) in [6.07, 6.45) is 9.56. The smallest absolute Gasteiger partial charge is 0.226 e. The fourth-order valence-electron chi connectivity index (χ4n) is 2.90. The Labute approximate surface area is 102 Å². The average molecular weight is 235 g/mol. The van der Waals surface area contributed by atoms with E-state index in [9.17, 15) is 0 Å². The van der Waals surface area contributed by atoms with Gasteiger partial charge in [0.05, 0.1) is 0 Å². The van der Waals surface area contributed by atoms with Gasteiger partial charge >= 0.3 is 0 Å². The third kappa shape index (κ3) is 2.37. The molecule has 1 aromatic heterocycles. The van der Waals surface area contributed by atoms with Gasteiger partial charge in [-0.3, -0.25) is 0 Å². The van der Waals surface area contributed by atoms with Crippen LogP contribution in [0.2, 0.25) is 0 Å². The van der Waals surface area contributed by atoms with Crippen molar-refractivity contribution in [3.8, 4) is 0 Å². The molecule has 4 heteroatoms. The standard InChI is InChI=1S/C13H21N3O/c14-11-7-2-1-4-10(11)8-12-15-13(16-17-12)9-5-3-6-9/h9-11H,1-8,14H2. The van der Waals surface area contributed by atoms with Crippen LogP contribution in [-0.2, 0) is 6.42 Å². The van der Waals surface area contributed by atoms with Crippen LogP contribution in [-0.4, -0.2) is 16.2 Å². The first-order chi connectivity index (χ1) is 8.33. The van der Waals surface area contributed by atoms with Gasteiger partial charge in [0.15, 0.2) is 5.82 Å². The van der Waals surface area contributed by atoms with Gasteiger partial charge < -0.3 is 10.3 Å². The Kier molecular flexibility index (Phi) is 3.14. The predicted octanol–water partition coefficient (Wildman–Crippen LogP) is 2.40. The molecule has 2 aliphatic rings. The zero-order valence-corrected chi connectivity index (χ0v) is 10.3.